The lowest BCUT2D eigenvalue weighted by Crippen LogP contribution is -1.78. The summed E-state index contributed by atoms with van der Waals surface area (Å²) in [5.74, 6) is -0.236. The maximum absolute atomic E-state index is 13.1. The lowest BCUT2D eigenvalue weighted by Gasteiger charge is -1.94. The Hall–Kier alpha value is -1.74. The van der Waals surface area contributed by atoms with Gasteiger partial charge in [0, 0.05) is 5.56 Å². The van der Waals surface area contributed by atoms with Gasteiger partial charge in [0.1, 0.15) is 10.8 Å². The van der Waals surface area contributed by atoms with Crippen LogP contribution in [-0.2, 0) is 0 Å². The smallest absolute Gasteiger partial charge is 0.124 e. The highest BCUT2D eigenvalue weighted by molar-refractivity contribution is 7.21. The number of rotatable bonds is 1. The molecule has 83 valence electrons. The molecule has 3 heteroatoms. The maximum Gasteiger partial charge on any atom is 0.124 e. The van der Waals surface area contributed by atoms with E-state index in [2.05, 4.69) is 11.9 Å². The van der Waals surface area contributed by atoms with Crippen LogP contribution in [0.3, 0.4) is 0 Å². The van der Waals surface area contributed by atoms with Gasteiger partial charge in [-0.25, -0.2) is 9.37 Å². The average molecular weight is 242 g/mol. The van der Waals surface area contributed by atoms with Crippen molar-refractivity contribution < 1.29 is 4.39 Å². The van der Waals surface area contributed by atoms with Gasteiger partial charge in [0.25, 0.3) is 0 Å². The zero-order valence-corrected chi connectivity index (χ0v) is 9.80. The monoisotopic (exact) mass is 242 g/mol. The number of aromatic nitrogens is 1. The van der Waals surface area contributed by atoms with Gasteiger partial charge in [0.2, 0.25) is 0 Å². The van der Waals surface area contributed by atoms with Crippen molar-refractivity contribution in [3.8, 4) is 10.6 Å². The second-order valence-electron chi connectivity index (χ2n) is 3.83. The topological polar surface area (TPSA) is 12.9 Å². The summed E-state index contributed by atoms with van der Waals surface area (Å²) in [6, 6.07) is 12.4. The molecule has 0 aliphatic carbocycles. The van der Waals surface area contributed by atoms with Gasteiger partial charge >= 0.3 is 0 Å². The van der Waals surface area contributed by atoms with Crippen molar-refractivity contribution in [1.29, 1.82) is 0 Å². The fraction of sp³-hybridized carbons (Fsp3) is 0. The Balaban J connectivity index is 2.18. The molecule has 17 heavy (non-hydrogen) atoms. The zero-order chi connectivity index (χ0) is 11.8. The number of thiazole rings is 1. The lowest BCUT2D eigenvalue weighted by atomic mass is 10.2. The molecule has 1 nitrogen and oxygen atoms in total. The summed E-state index contributed by atoms with van der Waals surface area (Å²) in [6.45, 7) is 3.87. The molecular formula is C14H9FNS. The van der Waals surface area contributed by atoms with E-state index in [1.165, 1.54) is 12.1 Å². The molecule has 0 unspecified atom stereocenters. The first-order chi connectivity index (χ1) is 8.22. The van der Waals surface area contributed by atoms with Crippen molar-refractivity contribution in [2.24, 2.45) is 0 Å². The van der Waals surface area contributed by atoms with Crippen LogP contribution in [0.25, 0.3) is 20.8 Å². The molecule has 0 spiro atoms. The minimum Gasteiger partial charge on any atom is -0.236 e. The van der Waals surface area contributed by atoms with Gasteiger partial charge in [-0.15, -0.1) is 11.3 Å². The molecule has 1 heterocycles. The van der Waals surface area contributed by atoms with Crippen LogP contribution >= 0.6 is 11.3 Å². The molecule has 0 aliphatic heterocycles. The SMILES string of the molecule is [CH2]c1ccc2sc(-c3cccc(F)c3)nc2c1. The lowest BCUT2D eigenvalue weighted by molar-refractivity contribution is 0.628. The second-order valence-corrected chi connectivity index (χ2v) is 4.86. The molecule has 0 N–H and O–H groups in total. The van der Waals surface area contributed by atoms with E-state index in [0.717, 1.165) is 26.4 Å². The van der Waals surface area contributed by atoms with Gasteiger partial charge in [-0.3, -0.25) is 0 Å². The number of hydrogen-bond donors (Lipinski definition) is 0. The van der Waals surface area contributed by atoms with Crippen LogP contribution in [0.2, 0.25) is 0 Å². The summed E-state index contributed by atoms with van der Waals surface area (Å²) in [5.41, 5.74) is 2.67. The quantitative estimate of drug-likeness (QED) is 0.620. The molecule has 0 fully saturated rings. The van der Waals surface area contributed by atoms with Crippen molar-refractivity contribution in [2.75, 3.05) is 0 Å². The third-order valence-corrected chi connectivity index (χ3v) is 3.61. The fourth-order valence-corrected chi connectivity index (χ4v) is 2.66. The molecule has 0 bridgehead atoms. The summed E-state index contributed by atoms with van der Waals surface area (Å²) in [4.78, 5) is 4.50. The van der Waals surface area contributed by atoms with Crippen LogP contribution in [0.15, 0.2) is 42.5 Å². The molecular weight excluding hydrogens is 233 g/mol. The zero-order valence-electron chi connectivity index (χ0n) is 8.98. The molecule has 2 aromatic carbocycles. The summed E-state index contributed by atoms with van der Waals surface area (Å²) < 4.78 is 14.2. The highest BCUT2D eigenvalue weighted by Crippen LogP contribution is 2.30. The highest BCUT2D eigenvalue weighted by Gasteiger charge is 2.06. The summed E-state index contributed by atoms with van der Waals surface area (Å²) in [6.07, 6.45) is 0. The highest BCUT2D eigenvalue weighted by atomic mass is 32.1. The van der Waals surface area contributed by atoms with E-state index in [9.17, 15) is 4.39 Å². The summed E-state index contributed by atoms with van der Waals surface area (Å²) in [5, 5.41) is 0.838. The molecule has 0 saturated heterocycles. The van der Waals surface area contributed by atoms with Crippen LogP contribution in [0.1, 0.15) is 5.56 Å². The Kier molecular flexibility index (Phi) is 2.41. The van der Waals surface area contributed by atoms with Gasteiger partial charge in [-0.2, -0.15) is 0 Å². The number of halogens is 1. The van der Waals surface area contributed by atoms with Crippen molar-refractivity contribution in [3.63, 3.8) is 0 Å². The molecule has 3 rings (SSSR count). The number of hydrogen-bond acceptors (Lipinski definition) is 2. The first kappa shape index (κ1) is 10.4. The van der Waals surface area contributed by atoms with Crippen LogP contribution in [0, 0.1) is 12.7 Å². The van der Waals surface area contributed by atoms with Crippen LogP contribution in [0.5, 0.6) is 0 Å². The van der Waals surface area contributed by atoms with Crippen molar-refractivity contribution in [1.82, 2.24) is 4.98 Å². The molecule has 0 amide bonds. The van der Waals surface area contributed by atoms with Crippen molar-refractivity contribution >= 4 is 21.6 Å². The molecule has 1 radical (unpaired) electrons. The predicted octanol–water partition coefficient (Wildman–Crippen LogP) is 4.28. The Morgan fingerprint density at radius 2 is 2.00 bits per heavy atom. The molecule has 0 saturated carbocycles. The molecule has 1 aromatic heterocycles. The Morgan fingerprint density at radius 1 is 1.12 bits per heavy atom. The van der Waals surface area contributed by atoms with Gasteiger partial charge in [0.15, 0.2) is 0 Å². The summed E-state index contributed by atoms with van der Waals surface area (Å²) in [7, 11) is 0. The van der Waals surface area contributed by atoms with E-state index in [4.69, 9.17) is 0 Å². The minimum atomic E-state index is -0.236. The van der Waals surface area contributed by atoms with E-state index >= 15 is 0 Å². The summed E-state index contributed by atoms with van der Waals surface area (Å²) >= 11 is 1.56. The van der Waals surface area contributed by atoms with Gasteiger partial charge in [-0.05, 0) is 36.8 Å². The number of benzene rings is 2. The Morgan fingerprint density at radius 3 is 2.82 bits per heavy atom. The van der Waals surface area contributed by atoms with E-state index in [0.29, 0.717) is 0 Å². The van der Waals surface area contributed by atoms with Crippen molar-refractivity contribution in [3.05, 3.63) is 60.8 Å². The minimum absolute atomic E-state index is 0.236. The normalized spacial score (nSPS) is 10.9. The maximum atomic E-state index is 13.1. The molecule has 3 aromatic rings. The third kappa shape index (κ3) is 1.94. The average Bonchev–Trinajstić information content (AvgIpc) is 2.72. The van der Waals surface area contributed by atoms with Crippen LogP contribution < -0.4 is 0 Å². The number of fused-ring (bicyclic) bond motifs is 1. The van der Waals surface area contributed by atoms with E-state index < -0.39 is 0 Å². The van der Waals surface area contributed by atoms with E-state index in [-0.39, 0.29) is 5.82 Å². The first-order valence-corrected chi connectivity index (χ1v) is 6.02. The van der Waals surface area contributed by atoms with Crippen molar-refractivity contribution in [2.45, 2.75) is 0 Å². The first-order valence-electron chi connectivity index (χ1n) is 5.21. The fourth-order valence-electron chi connectivity index (χ4n) is 1.72. The standard InChI is InChI=1S/C14H9FNS/c1-9-5-6-13-12(7-9)16-14(17-13)10-3-2-4-11(15)8-10/h2-8H,1H2. The molecule has 0 aliphatic rings. The largest absolute Gasteiger partial charge is 0.236 e. The van der Waals surface area contributed by atoms with Gasteiger partial charge < -0.3 is 0 Å². The van der Waals surface area contributed by atoms with E-state index in [1.807, 2.05) is 24.3 Å². The third-order valence-electron chi connectivity index (χ3n) is 2.52. The second kappa shape index (κ2) is 3.93. The van der Waals surface area contributed by atoms with E-state index in [1.54, 1.807) is 17.4 Å². The number of nitrogens with zero attached hydrogens (tertiary/aromatic N) is 1. The molecule has 0 atom stereocenters. The van der Waals surface area contributed by atoms with Gasteiger partial charge in [0.05, 0.1) is 10.2 Å². The Labute approximate surface area is 103 Å². The predicted molar refractivity (Wildman–Crippen MR) is 69.5 cm³/mol. The van der Waals surface area contributed by atoms with Crippen LogP contribution in [0.4, 0.5) is 4.39 Å². The van der Waals surface area contributed by atoms with Crippen LogP contribution in [-0.4, -0.2) is 4.98 Å². The Bertz CT molecular complexity index is 688. The van der Waals surface area contributed by atoms with Gasteiger partial charge in [-0.1, -0.05) is 18.2 Å².